The number of aromatic nitrogens is 1. The smallest absolute Gasteiger partial charge is 0.387 e. The second kappa shape index (κ2) is 9.09. The zero-order chi connectivity index (χ0) is 19.1. The first-order valence-corrected chi connectivity index (χ1v) is 8.94. The molecule has 0 aliphatic rings. The fourth-order valence-electron chi connectivity index (χ4n) is 2.28. The molecule has 5 nitrogen and oxygen atoms in total. The number of hydrogen-bond donors (Lipinski definition) is 1. The van der Waals surface area contributed by atoms with E-state index in [9.17, 15) is 13.6 Å². The number of benzene rings is 2. The molecule has 0 radical (unpaired) electrons. The molecule has 0 spiro atoms. The molecule has 0 saturated carbocycles. The predicted molar refractivity (Wildman–Crippen MR) is 101 cm³/mol. The normalized spacial score (nSPS) is 11.2. The van der Waals surface area contributed by atoms with Gasteiger partial charge in [0.25, 0.3) is 0 Å². The lowest BCUT2D eigenvalue weighted by Gasteiger charge is -2.05. The highest BCUT2D eigenvalue weighted by Crippen LogP contribution is 2.25. The number of rotatable bonds is 7. The van der Waals surface area contributed by atoms with E-state index in [1.165, 1.54) is 30.1 Å². The number of nitrogens with zero attached hydrogens (tertiary/aromatic N) is 2. The lowest BCUT2D eigenvalue weighted by atomic mass is 10.2. The van der Waals surface area contributed by atoms with Gasteiger partial charge in [0, 0.05) is 16.5 Å². The molecule has 0 aliphatic heterocycles. The molecule has 2 aromatic carbocycles. The Morgan fingerprint density at radius 1 is 1.19 bits per heavy atom. The van der Waals surface area contributed by atoms with Crippen LogP contribution in [-0.4, -0.2) is 29.5 Å². The molecule has 1 aromatic heterocycles. The highest BCUT2D eigenvalue weighted by Gasteiger charge is 2.06. The van der Waals surface area contributed by atoms with E-state index < -0.39 is 6.61 Å². The first kappa shape index (κ1) is 18.8. The molecular weight excluding hydrogens is 372 g/mol. The molecular formula is C19H15F2N3O2S. The summed E-state index contributed by atoms with van der Waals surface area (Å²) >= 11 is 1.38. The molecule has 0 bridgehead atoms. The van der Waals surface area contributed by atoms with Crippen LogP contribution < -0.4 is 10.2 Å². The van der Waals surface area contributed by atoms with Crippen LogP contribution in [0.4, 0.5) is 8.78 Å². The number of alkyl halides is 2. The van der Waals surface area contributed by atoms with Gasteiger partial charge in [-0.1, -0.05) is 18.2 Å². The van der Waals surface area contributed by atoms with Crippen LogP contribution in [0, 0.1) is 0 Å². The molecule has 138 valence electrons. The van der Waals surface area contributed by atoms with E-state index in [0.717, 1.165) is 15.8 Å². The first-order valence-electron chi connectivity index (χ1n) is 7.95. The van der Waals surface area contributed by atoms with Gasteiger partial charge in [-0.2, -0.15) is 13.9 Å². The largest absolute Gasteiger partial charge is 0.435 e. The Labute approximate surface area is 158 Å². The molecule has 1 amide bonds. The quantitative estimate of drug-likeness (QED) is 0.377. The second-order valence-electron chi connectivity index (χ2n) is 5.36. The Bertz CT molecular complexity index is 944. The number of thioether (sulfide) groups is 1. The molecule has 3 aromatic rings. The van der Waals surface area contributed by atoms with Crippen LogP contribution in [0.5, 0.6) is 5.75 Å². The number of carbonyl (C=O) groups excluding carboxylic acids is 1. The summed E-state index contributed by atoms with van der Waals surface area (Å²) in [6.07, 6.45) is 3.14. The zero-order valence-corrected chi connectivity index (χ0v) is 14.8. The van der Waals surface area contributed by atoms with Crippen molar-refractivity contribution in [1.29, 1.82) is 0 Å². The number of nitrogens with one attached hydrogen (secondary N) is 1. The summed E-state index contributed by atoms with van der Waals surface area (Å²) < 4.78 is 28.4. The molecule has 1 N–H and O–H groups in total. The maximum Gasteiger partial charge on any atom is 0.387 e. The minimum Gasteiger partial charge on any atom is -0.435 e. The molecule has 8 heteroatoms. The summed E-state index contributed by atoms with van der Waals surface area (Å²) in [6, 6.07) is 15.6. The standard InChI is InChI=1S/C19H15F2N3O2S/c20-19(21)26-15-8-6-13(7-9-15)11-23-24-17(25)12-27-16-5-1-3-14-4-2-10-22-18(14)16/h1-11,19H,12H2,(H,24,25)/b23-11-. The van der Waals surface area contributed by atoms with Gasteiger partial charge >= 0.3 is 6.61 Å². The fourth-order valence-corrected chi connectivity index (χ4v) is 3.12. The minimum absolute atomic E-state index is 0.0614. The third-order valence-corrected chi connectivity index (χ3v) is 4.51. The number of hydrazone groups is 1. The van der Waals surface area contributed by atoms with E-state index in [2.05, 4.69) is 20.2 Å². The maximum atomic E-state index is 12.1. The second-order valence-corrected chi connectivity index (χ2v) is 6.38. The minimum atomic E-state index is -2.86. The van der Waals surface area contributed by atoms with Crippen LogP contribution in [0.2, 0.25) is 0 Å². The number of fused-ring (bicyclic) bond motifs is 1. The van der Waals surface area contributed by atoms with Gasteiger partial charge in [-0.3, -0.25) is 9.78 Å². The van der Waals surface area contributed by atoms with Crippen molar-refractivity contribution in [3.8, 4) is 5.75 Å². The summed E-state index contributed by atoms with van der Waals surface area (Å²) in [6.45, 7) is -2.86. The topological polar surface area (TPSA) is 63.6 Å². The Morgan fingerprint density at radius 2 is 1.96 bits per heavy atom. The SMILES string of the molecule is O=C(CSc1cccc2cccnc12)N/N=C\c1ccc(OC(F)F)cc1. The Morgan fingerprint density at radius 3 is 2.74 bits per heavy atom. The van der Waals surface area contributed by atoms with Gasteiger partial charge in [0.1, 0.15) is 5.75 Å². The number of ether oxygens (including phenoxy) is 1. The van der Waals surface area contributed by atoms with Gasteiger partial charge < -0.3 is 4.74 Å². The summed E-state index contributed by atoms with van der Waals surface area (Å²) in [5, 5.41) is 4.88. The number of carbonyl (C=O) groups is 1. The van der Waals surface area contributed by atoms with Crippen molar-refractivity contribution in [1.82, 2.24) is 10.4 Å². The third-order valence-electron chi connectivity index (χ3n) is 3.46. The number of para-hydroxylation sites is 1. The number of hydrogen-bond acceptors (Lipinski definition) is 5. The van der Waals surface area contributed by atoms with Crippen LogP contribution in [-0.2, 0) is 4.79 Å². The molecule has 0 fully saturated rings. The highest BCUT2D eigenvalue weighted by atomic mass is 32.2. The van der Waals surface area contributed by atoms with Gasteiger partial charge in [-0.25, -0.2) is 5.43 Å². The van der Waals surface area contributed by atoms with Crippen molar-refractivity contribution >= 4 is 34.8 Å². The van der Waals surface area contributed by atoms with E-state index in [0.29, 0.717) is 5.56 Å². The summed E-state index contributed by atoms with van der Waals surface area (Å²) in [7, 11) is 0. The van der Waals surface area contributed by atoms with Gasteiger partial charge in [-0.15, -0.1) is 11.8 Å². The molecule has 27 heavy (non-hydrogen) atoms. The molecule has 0 atom stereocenters. The Hall–Kier alpha value is -3.00. The Kier molecular flexibility index (Phi) is 6.32. The van der Waals surface area contributed by atoms with Gasteiger partial charge in [0.15, 0.2) is 0 Å². The van der Waals surface area contributed by atoms with Crippen LogP contribution in [0.1, 0.15) is 5.56 Å². The third kappa shape index (κ3) is 5.49. The average molecular weight is 387 g/mol. The fraction of sp³-hybridized carbons (Fsp3) is 0.105. The molecule has 1 heterocycles. The van der Waals surface area contributed by atoms with Crippen molar-refractivity contribution in [2.24, 2.45) is 5.10 Å². The summed E-state index contributed by atoms with van der Waals surface area (Å²) in [5.41, 5.74) is 3.93. The van der Waals surface area contributed by atoms with Gasteiger partial charge in [-0.05, 0) is 42.0 Å². The Balaban J connectivity index is 1.51. The van der Waals surface area contributed by atoms with Crippen molar-refractivity contribution < 1.29 is 18.3 Å². The first-order chi connectivity index (χ1) is 13.1. The van der Waals surface area contributed by atoms with E-state index >= 15 is 0 Å². The van der Waals surface area contributed by atoms with Crippen molar-refractivity contribution in [3.05, 3.63) is 66.4 Å². The lowest BCUT2D eigenvalue weighted by Crippen LogP contribution is -2.19. The van der Waals surface area contributed by atoms with Crippen LogP contribution >= 0.6 is 11.8 Å². The van der Waals surface area contributed by atoms with Gasteiger partial charge in [0.05, 0.1) is 17.5 Å². The molecule has 0 unspecified atom stereocenters. The van der Waals surface area contributed by atoms with E-state index in [1.807, 2.05) is 30.3 Å². The molecule has 3 rings (SSSR count). The molecule has 0 saturated heterocycles. The predicted octanol–water partition coefficient (Wildman–Crippen LogP) is 4.08. The van der Waals surface area contributed by atoms with Crippen LogP contribution in [0.3, 0.4) is 0 Å². The van der Waals surface area contributed by atoms with Crippen molar-refractivity contribution in [2.75, 3.05) is 5.75 Å². The summed E-state index contributed by atoms with van der Waals surface area (Å²) in [4.78, 5) is 17.2. The van der Waals surface area contributed by atoms with E-state index in [4.69, 9.17) is 0 Å². The van der Waals surface area contributed by atoms with Crippen molar-refractivity contribution in [2.45, 2.75) is 11.5 Å². The monoisotopic (exact) mass is 387 g/mol. The number of halogens is 2. The molecule has 0 aliphatic carbocycles. The van der Waals surface area contributed by atoms with Crippen LogP contribution in [0.25, 0.3) is 10.9 Å². The van der Waals surface area contributed by atoms with Gasteiger partial charge in [0.2, 0.25) is 5.91 Å². The lowest BCUT2D eigenvalue weighted by molar-refractivity contribution is -0.118. The number of amides is 1. The number of pyridine rings is 1. The average Bonchev–Trinajstić information content (AvgIpc) is 2.67. The van der Waals surface area contributed by atoms with Crippen LogP contribution in [0.15, 0.2) is 70.8 Å². The highest BCUT2D eigenvalue weighted by molar-refractivity contribution is 8.00. The summed E-state index contributed by atoms with van der Waals surface area (Å²) in [5.74, 6) is -0.0121. The van der Waals surface area contributed by atoms with Crippen molar-refractivity contribution in [3.63, 3.8) is 0 Å². The van der Waals surface area contributed by atoms with E-state index in [-0.39, 0.29) is 17.4 Å². The maximum absolute atomic E-state index is 12.1. The zero-order valence-electron chi connectivity index (χ0n) is 14.0. The van der Waals surface area contributed by atoms with E-state index in [1.54, 1.807) is 18.3 Å².